The van der Waals surface area contributed by atoms with Gasteiger partial charge in [-0.3, -0.25) is 4.79 Å². The predicted octanol–water partition coefficient (Wildman–Crippen LogP) is 4.67. The van der Waals surface area contributed by atoms with Crippen molar-refractivity contribution in [2.24, 2.45) is 0 Å². The normalized spacial score (nSPS) is 10.8. The molecule has 4 aromatic rings. The van der Waals surface area contributed by atoms with E-state index in [1.54, 1.807) is 18.2 Å². The van der Waals surface area contributed by atoms with Gasteiger partial charge in [0.1, 0.15) is 11.3 Å². The Labute approximate surface area is 159 Å². The molecule has 0 spiro atoms. The summed E-state index contributed by atoms with van der Waals surface area (Å²) in [7, 11) is 0. The van der Waals surface area contributed by atoms with Gasteiger partial charge in [0.15, 0.2) is 18.2 Å². The highest BCUT2D eigenvalue weighted by atomic mass is 19.1. The van der Waals surface area contributed by atoms with Crippen LogP contribution in [-0.2, 0) is 4.74 Å². The van der Waals surface area contributed by atoms with Gasteiger partial charge in [0.25, 0.3) is 0 Å². The second-order valence-corrected chi connectivity index (χ2v) is 6.12. The number of rotatable bonds is 5. The van der Waals surface area contributed by atoms with Gasteiger partial charge >= 0.3 is 5.97 Å². The summed E-state index contributed by atoms with van der Waals surface area (Å²) in [6.07, 6.45) is 0. The fourth-order valence-corrected chi connectivity index (χ4v) is 2.80. The molecule has 4 rings (SSSR count). The molecule has 0 N–H and O–H groups in total. The number of ether oxygens (including phenoxy) is 1. The Hall–Kier alpha value is -3.80. The number of benzene rings is 3. The number of Topliss-reactive ketones (excluding diaryl/α,β-unsaturated/α-hetero) is 1. The van der Waals surface area contributed by atoms with Crippen LogP contribution in [-0.4, -0.2) is 23.5 Å². The number of hydrogen-bond donors (Lipinski definition) is 0. The number of ketones is 1. The molecule has 0 bridgehead atoms. The van der Waals surface area contributed by atoms with Crippen molar-refractivity contribution in [3.63, 3.8) is 0 Å². The molecule has 138 valence electrons. The quantitative estimate of drug-likeness (QED) is 0.374. The Balaban J connectivity index is 1.53. The molecule has 0 radical (unpaired) electrons. The summed E-state index contributed by atoms with van der Waals surface area (Å²) >= 11 is 0. The van der Waals surface area contributed by atoms with Gasteiger partial charge in [-0.25, -0.2) is 9.18 Å². The number of halogens is 1. The lowest BCUT2D eigenvalue weighted by atomic mass is 10.1. The fraction of sp³-hybridized carbons (Fsp3) is 0.0455. The van der Waals surface area contributed by atoms with Crippen molar-refractivity contribution in [1.82, 2.24) is 5.16 Å². The summed E-state index contributed by atoms with van der Waals surface area (Å²) in [6.45, 7) is -0.433. The third kappa shape index (κ3) is 3.53. The lowest BCUT2D eigenvalue weighted by Gasteiger charge is -2.05. The zero-order valence-corrected chi connectivity index (χ0v) is 14.6. The lowest BCUT2D eigenvalue weighted by molar-refractivity contribution is 0.0475. The van der Waals surface area contributed by atoms with Crippen molar-refractivity contribution in [3.8, 4) is 11.3 Å². The van der Waals surface area contributed by atoms with Crippen molar-refractivity contribution in [2.45, 2.75) is 0 Å². The monoisotopic (exact) mass is 375 g/mol. The van der Waals surface area contributed by atoms with E-state index in [1.165, 1.54) is 24.3 Å². The van der Waals surface area contributed by atoms with E-state index in [4.69, 9.17) is 9.26 Å². The van der Waals surface area contributed by atoms with E-state index in [0.29, 0.717) is 16.7 Å². The molecule has 0 aliphatic carbocycles. The number of carbonyl (C=O) groups excluding carboxylic acids is 2. The van der Waals surface area contributed by atoms with Crippen LogP contribution in [0.4, 0.5) is 4.39 Å². The molecule has 0 fully saturated rings. The zero-order valence-electron chi connectivity index (χ0n) is 14.6. The summed E-state index contributed by atoms with van der Waals surface area (Å²) in [6, 6.07) is 19.3. The van der Waals surface area contributed by atoms with Crippen LogP contribution in [0.1, 0.15) is 20.7 Å². The van der Waals surface area contributed by atoms with Crippen LogP contribution in [0, 0.1) is 5.82 Å². The van der Waals surface area contributed by atoms with Crippen LogP contribution in [0.2, 0.25) is 0 Å². The van der Waals surface area contributed by atoms with E-state index in [2.05, 4.69) is 5.16 Å². The number of esters is 1. The minimum absolute atomic E-state index is 0.273. The molecule has 0 saturated carbocycles. The van der Waals surface area contributed by atoms with Gasteiger partial charge in [-0.2, -0.15) is 0 Å². The first-order chi connectivity index (χ1) is 13.6. The average Bonchev–Trinajstić information content (AvgIpc) is 3.16. The Morgan fingerprint density at radius 3 is 2.39 bits per heavy atom. The molecule has 6 heteroatoms. The highest BCUT2D eigenvalue weighted by Gasteiger charge is 2.16. The smallest absolute Gasteiger partial charge is 0.338 e. The maximum atomic E-state index is 12.9. The Morgan fingerprint density at radius 2 is 1.64 bits per heavy atom. The van der Waals surface area contributed by atoms with E-state index in [-0.39, 0.29) is 11.1 Å². The molecule has 0 aliphatic rings. The van der Waals surface area contributed by atoms with Crippen molar-refractivity contribution in [1.29, 1.82) is 0 Å². The third-order valence-corrected chi connectivity index (χ3v) is 4.25. The first-order valence-corrected chi connectivity index (χ1v) is 8.52. The fourth-order valence-electron chi connectivity index (χ4n) is 2.80. The Bertz CT molecular complexity index is 1150. The first kappa shape index (κ1) is 17.6. The Kier molecular flexibility index (Phi) is 4.68. The van der Waals surface area contributed by atoms with Crippen LogP contribution >= 0.6 is 0 Å². The maximum absolute atomic E-state index is 12.9. The minimum atomic E-state index is -0.641. The van der Waals surface area contributed by atoms with Crippen LogP contribution in [0.3, 0.4) is 0 Å². The van der Waals surface area contributed by atoms with E-state index < -0.39 is 24.2 Å². The van der Waals surface area contributed by atoms with Gasteiger partial charge in [-0.1, -0.05) is 35.5 Å². The van der Waals surface area contributed by atoms with Crippen molar-refractivity contribution >= 4 is 22.7 Å². The summed E-state index contributed by atoms with van der Waals surface area (Å²) in [5.74, 6) is -0.945. The van der Waals surface area contributed by atoms with Crippen molar-refractivity contribution in [2.75, 3.05) is 6.61 Å². The number of aromatic nitrogens is 1. The topological polar surface area (TPSA) is 69.4 Å². The predicted molar refractivity (Wildman–Crippen MR) is 100 cm³/mol. The van der Waals surface area contributed by atoms with E-state index in [1.807, 2.05) is 30.3 Å². The van der Waals surface area contributed by atoms with E-state index in [9.17, 15) is 14.0 Å². The summed E-state index contributed by atoms with van der Waals surface area (Å²) in [5.41, 5.74) is 2.00. The van der Waals surface area contributed by atoms with Crippen LogP contribution in [0.5, 0.6) is 0 Å². The molecule has 3 aromatic carbocycles. The molecule has 5 nitrogen and oxygen atoms in total. The van der Waals surface area contributed by atoms with Crippen LogP contribution in [0.15, 0.2) is 77.3 Å². The highest BCUT2D eigenvalue weighted by Crippen LogP contribution is 2.29. The van der Waals surface area contributed by atoms with Gasteiger partial charge in [0, 0.05) is 11.1 Å². The summed E-state index contributed by atoms with van der Waals surface area (Å²) in [4.78, 5) is 24.4. The second kappa shape index (κ2) is 7.44. The maximum Gasteiger partial charge on any atom is 0.338 e. The average molecular weight is 375 g/mol. The molecule has 0 aliphatic heterocycles. The number of fused-ring (bicyclic) bond motifs is 1. The van der Waals surface area contributed by atoms with E-state index >= 15 is 0 Å². The van der Waals surface area contributed by atoms with Gasteiger partial charge in [-0.05, 0) is 42.5 Å². The molecular weight excluding hydrogens is 361 g/mol. The molecule has 1 heterocycles. The standard InChI is InChI=1S/C22H14FNO4/c23-17-9-6-14(7-10-17)20(25)13-27-22(26)16-8-11-19-18(12-16)21(28-24-19)15-4-2-1-3-5-15/h1-12H,13H2. The lowest BCUT2D eigenvalue weighted by Crippen LogP contribution is -2.14. The number of nitrogens with zero attached hydrogens (tertiary/aromatic N) is 1. The molecule has 0 saturated heterocycles. The van der Waals surface area contributed by atoms with Crippen LogP contribution in [0.25, 0.3) is 22.2 Å². The van der Waals surface area contributed by atoms with Crippen LogP contribution < -0.4 is 0 Å². The number of carbonyl (C=O) groups is 2. The van der Waals surface area contributed by atoms with Crippen molar-refractivity contribution < 1.29 is 23.2 Å². The largest absolute Gasteiger partial charge is 0.454 e. The first-order valence-electron chi connectivity index (χ1n) is 8.52. The third-order valence-electron chi connectivity index (χ3n) is 4.25. The molecule has 1 aromatic heterocycles. The molecule has 0 unspecified atom stereocenters. The summed E-state index contributed by atoms with van der Waals surface area (Å²) in [5, 5.41) is 4.68. The summed E-state index contributed by atoms with van der Waals surface area (Å²) < 4.78 is 23.5. The zero-order chi connectivity index (χ0) is 19.5. The molecule has 28 heavy (non-hydrogen) atoms. The minimum Gasteiger partial charge on any atom is -0.454 e. The molecular formula is C22H14FNO4. The Morgan fingerprint density at radius 1 is 0.929 bits per heavy atom. The van der Waals surface area contributed by atoms with Gasteiger partial charge < -0.3 is 9.26 Å². The van der Waals surface area contributed by atoms with E-state index in [0.717, 1.165) is 5.56 Å². The van der Waals surface area contributed by atoms with Gasteiger partial charge in [-0.15, -0.1) is 0 Å². The van der Waals surface area contributed by atoms with Crippen molar-refractivity contribution in [3.05, 3.63) is 89.7 Å². The van der Waals surface area contributed by atoms with Gasteiger partial charge in [0.2, 0.25) is 0 Å². The highest BCUT2D eigenvalue weighted by molar-refractivity contribution is 6.01. The SMILES string of the molecule is O=C(COC(=O)c1ccc2noc(-c3ccccc3)c2c1)c1ccc(F)cc1. The number of hydrogen-bond acceptors (Lipinski definition) is 5. The van der Waals surface area contributed by atoms with Gasteiger partial charge in [0.05, 0.1) is 10.9 Å². The molecule has 0 atom stereocenters. The second-order valence-electron chi connectivity index (χ2n) is 6.12. The molecule has 0 amide bonds.